The average Bonchev–Trinajstić information content (AvgIpc) is 3.12. The molecule has 0 spiro atoms. The Morgan fingerprint density at radius 2 is 1.78 bits per heavy atom. The molecule has 2 aromatic carbocycles. The number of fused-ring (bicyclic) bond motifs is 1. The molecular formula is C26H33BrN4O. The van der Waals surface area contributed by atoms with Crippen LogP contribution in [0.3, 0.4) is 0 Å². The van der Waals surface area contributed by atoms with Gasteiger partial charge in [-0.1, -0.05) is 28.1 Å². The SMILES string of the molecule is CC(C)N(C(=O)[C@H]1CCCN(Cc2nc3ccccc3n2-c2ccc(Br)cc2)C1)C(C)C. The van der Waals surface area contributed by atoms with E-state index in [2.05, 4.69) is 95.6 Å². The van der Waals surface area contributed by atoms with E-state index in [0.29, 0.717) is 5.91 Å². The number of carbonyl (C=O) groups is 1. The molecule has 170 valence electrons. The van der Waals surface area contributed by atoms with Crippen LogP contribution in [-0.2, 0) is 11.3 Å². The maximum atomic E-state index is 13.3. The summed E-state index contributed by atoms with van der Waals surface area (Å²) in [6, 6.07) is 17.1. The molecule has 1 amide bonds. The minimum absolute atomic E-state index is 0.0547. The van der Waals surface area contributed by atoms with Crippen molar-refractivity contribution < 1.29 is 4.79 Å². The molecule has 1 aliphatic rings. The van der Waals surface area contributed by atoms with Crippen molar-refractivity contribution in [2.24, 2.45) is 5.92 Å². The lowest BCUT2D eigenvalue weighted by Crippen LogP contribution is -2.49. The molecule has 1 aromatic heterocycles. The zero-order chi connectivity index (χ0) is 22.8. The van der Waals surface area contributed by atoms with Crippen LogP contribution in [0.2, 0.25) is 0 Å². The van der Waals surface area contributed by atoms with Gasteiger partial charge in [0.25, 0.3) is 0 Å². The number of hydrogen-bond acceptors (Lipinski definition) is 3. The number of para-hydroxylation sites is 2. The lowest BCUT2D eigenvalue weighted by molar-refractivity contribution is -0.141. The first kappa shape index (κ1) is 23.0. The number of rotatable bonds is 6. The van der Waals surface area contributed by atoms with Crippen LogP contribution in [0.25, 0.3) is 16.7 Å². The number of imidazole rings is 1. The van der Waals surface area contributed by atoms with Crippen LogP contribution in [-0.4, -0.2) is 50.4 Å². The van der Waals surface area contributed by atoms with E-state index in [1.807, 2.05) is 11.0 Å². The third-order valence-corrected chi connectivity index (χ3v) is 6.83. The van der Waals surface area contributed by atoms with Crippen LogP contribution in [0.4, 0.5) is 0 Å². The molecule has 0 unspecified atom stereocenters. The predicted molar refractivity (Wildman–Crippen MR) is 134 cm³/mol. The molecule has 3 aromatic rings. The molecule has 0 N–H and O–H groups in total. The van der Waals surface area contributed by atoms with Gasteiger partial charge in [-0.05, 0) is 83.5 Å². The second-order valence-electron chi connectivity index (χ2n) is 9.34. The Bertz CT molecular complexity index is 1070. The molecule has 0 aliphatic carbocycles. The van der Waals surface area contributed by atoms with Gasteiger partial charge in [-0.3, -0.25) is 14.3 Å². The topological polar surface area (TPSA) is 41.4 Å². The lowest BCUT2D eigenvalue weighted by atomic mass is 9.95. The molecule has 6 heteroatoms. The van der Waals surface area contributed by atoms with Gasteiger partial charge in [0.15, 0.2) is 0 Å². The highest BCUT2D eigenvalue weighted by Gasteiger charge is 2.32. The van der Waals surface area contributed by atoms with Crippen LogP contribution in [0.1, 0.15) is 46.4 Å². The molecule has 0 saturated carbocycles. The molecule has 2 heterocycles. The largest absolute Gasteiger partial charge is 0.338 e. The van der Waals surface area contributed by atoms with Gasteiger partial charge in [0, 0.05) is 28.8 Å². The van der Waals surface area contributed by atoms with Crippen molar-refractivity contribution in [3.63, 3.8) is 0 Å². The minimum atomic E-state index is 0.0547. The summed E-state index contributed by atoms with van der Waals surface area (Å²) in [6.45, 7) is 11.0. The second-order valence-corrected chi connectivity index (χ2v) is 10.3. The van der Waals surface area contributed by atoms with Gasteiger partial charge in [-0.25, -0.2) is 4.98 Å². The highest BCUT2D eigenvalue weighted by atomic mass is 79.9. The predicted octanol–water partition coefficient (Wildman–Crippen LogP) is 5.65. The third kappa shape index (κ3) is 4.76. The molecule has 1 fully saturated rings. The van der Waals surface area contributed by atoms with Gasteiger partial charge in [-0.15, -0.1) is 0 Å². The molecule has 0 bridgehead atoms. The summed E-state index contributed by atoms with van der Waals surface area (Å²) in [7, 11) is 0. The molecule has 32 heavy (non-hydrogen) atoms. The number of aromatic nitrogens is 2. The number of halogens is 1. The zero-order valence-corrected chi connectivity index (χ0v) is 21.0. The van der Waals surface area contributed by atoms with Crippen molar-refractivity contribution in [1.82, 2.24) is 19.4 Å². The molecule has 0 radical (unpaired) electrons. The lowest BCUT2D eigenvalue weighted by Gasteiger charge is -2.38. The Hall–Kier alpha value is -2.18. The number of hydrogen-bond donors (Lipinski definition) is 0. The van der Waals surface area contributed by atoms with E-state index in [4.69, 9.17) is 4.98 Å². The summed E-state index contributed by atoms with van der Waals surface area (Å²) in [4.78, 5) is 22.7. The second kappa shape index (κ2) is 9.75. The minimum Gasteiger partial charge on any atom is -0.338 e. The Balaban J connectivity index is 1.60. The molecule has 1 atom stereocenters. The fraction of sp³-hybridized carbons (Fsp3) is 0.462. The van der Waals surface area contributed by atoms with Gasteiger partial charge >= 0.3 is 0 Å². The fourth-order valence-electron chi connectivity index (χ4n) is 4.98. The number of amides is 1. The van der Waals surface area contributed by atoms with E-state index in [0.717, 1.165) is 59.5 Å². The van der Waals surface area contributed by atoms with Crippen molar-refractivity contribution in [3.8, 4) is 5.69 Å². The van der Waals surface area contributed by atoms with Crippen molar-refractivity contribution in [3.05, 3.63) is 58.8 Å². The summed E-state index contributed by atoms with van der Waals surface area (Å²) in [5.74, 6) is 1.37. The van der Waals surface area contributed by atoms with E-state index in [1.165, 1.54) is 0 Å². The number of likely N-dealkylation sites (tertiary alicyclic amines) is 1. The third-order valence-electron chi connectivity index (χ3n) is 6.30. The van der Waals surface area contributed by atoms with Crippen molar-refractivity contribution in [1.29, 1.82) is 0 Å². The maximum Gasteiger partial charge on any atom is 0.227 e. The molecular weight excluding hydrogens is 464 g/mol. The van der Waals surface area contributed by atoms with Crippen LogP contribution >= 0.6 is 15.9 Å². The molecule has 5 nitrogen and oxygen atoms in total. The summed E-state index contributed by atoms with van der Waals surface area (Å²) in [5.41, 5.74) is 3.22. The Labute approximate surface area is 199 Å². The van der Waals surface area contributed by atoms with Crippen LogP contribution in [0, 0.1) is 5.92 Å². The maximum absolute atomic E-state index is 13.3. The standard InChI is InChI=1S/C26H33BrN4O/c1-18(2)30(19(3)4)26(32)20-8-7-15-29(16-20)17-25-28-23-9-5-6-10-24(23)31(25)22-13-11-21(27)12-14-22/h5-6,9-14,18-20H,7-8,15-17H2,1-4H3/t20-/m0/s1. The zero-order valence-electron chi connectivity index (χ0n) is 19.5. The van der Waals surface area contributed by atoms with E-state index in [9.17, 15) is 4.79 Å². The Kier molecular flexibility index (Phi) is 7.01. The van der Waals surface area contributed by atoms with E-state index >= 15 is 0 Å². The van der Waals surface area contributed by atoms with Crippen LogP contribution in [0.15, 0.2) is 53.0 Å². The molecule has 1 saturated heterocycles. The Morgan fingerprint density at radius 3 is 2.47 bits per heavy atom. The summed E-state index contributed by atoms with van der Waals surface area (Å²) < 4.78 is 3.31. The van der Waals surface area contributed by atoms with Gasteiger partial charge in [-0.2, -0.15) is 0 Å². The Morgan fingerprint density at radius 1 is 1.09 bits per heavy atom. The average molecular weight is 497 g/mol. The first-order chi connectivity index (χ1) is 15.3. The summed E-state index contributed by atoms with van der Waals surface area (Å²) in [6.07, 6.45) is 2.01. The van der Waals surface area contributed by atoms with Crippen LogP contribution in [0.5, 0.6) is 0 Å². The molecule has 4 rings (SSSR count). The van der Waals surface area contributed by atoms with Crippen LogP contribution < -0.4 is 0 Å². The van der Waals surface area contributed by atoms with Gasteiger partial charge in [0.1, 0.15) is 5.82 Å². The number of carbonyl (C=O) groups excluding carboxylic acids is 1. The monoisotopic (exact) mass is 496 g/mol. The summed E-state index contributed by atoms with van der Waals surface area (Å²) >= 11 is 3.54. The smallest absolute Gasteiger partial charge is 0.227 e. The number of nitrogens with zero attached hydrogens (tertiary/aromatic N) is 4. The fourth-order valence-corrected chi connectivity index (χ4v) is 5.24. The van der Waals surface area contributed by atoms with Crippen molar-refractivity contribution in [2.75, 3.05) is 13.1 Å². The number of benzene rings is 2. The highest BCUT2D eigenvalue weighted by Crippen LogP contribution is 2.26. The first-order valence-electron chi connectivity index (χ1n) is 11.6. The quantitative estimate of drug-likeness (QED) is 0.442. The van der Waals surface area contributed by atoms with Gasteiger partial charge in [0.05, 0.1) is 23.5 Å². The van der Waals surface area contributed by atoms with E-state index in [-0.39, 0.29) is 18.0 Å². The van der Waals surface area contributed by atoms with Crippen molar-refractivity contribution >= 4 is 32.9 Å². The first-order valence-corrected chi connectivity index (χ1v) is 12.4. The van der Waals surface area contributed by atoms with E-state index < -0.39 is 0 Å². The van der Waals surface area contributed by atoms with Gasteiger partial charge < -0.3 is 4.90 Å². The normalized spacial score (nSPS) is 17.4. The highest BCUT2D eigenvalue weighted by molar-refractivity contribution is 9.10. The van der Waals surface area contributed by atoms with Gasteiger partial charge in [0.2, 0.25) is 5.91 Å². The van der Waals surface area contributed by atoms with E-state index in [1.54, 1.807) is 0 Å². The summed E-state index contributed by atoms with van der Waals surface area (Å²) in [5, 5.41) is 0. The van der Waals surface area contributed by atoms with Crippen molar-refractivity contribution in [2.45, 2.75) is 59.2 Å². The molecule has 1 aliphatic heterocycles. The number of piperidine rings is 1.